The predicted octanol–water partition coefficient (Wildman–Crippen LogP) is 12.1. The number of carboxylic acid groups (broad SMARTS) is 1. The van der Waals surface area contributed by atoms with Crippen molar-refractivity contribution in [1.82, 2.24) is 0 Å². The highest BCUT2D eigenvalue weighted by Crippen LogP contribution is 2.29. The molecule has 0 rings (SSSR count). The van der Waals surface area contributed by atoms with Gasteiger partial charge in [-0.25, -0.2) is 0 Å². The third kappa shape index (κ3) is 39.7. The zero-order valence-electron chi connectivity index (χ0n) is 37.9. The van der Waals surface area contributed by atoms with Crippen LogP contribution in [-0.2, 0) is 28.7 Å². The molecule has 338 valence electrons. The fraction of sp³-hybridized carbons (Fsp3) is 0.833. The molecule has 0 aliphatic rings. The fourth-order valence-corrected chi connectivity index (χ4v) is 9.55. The molecule has 0 aromatic rings. The van der Waals surface area contributed by atoms with Crippen molar-refractivity contribution >= 4 is 45.3 Å². The number of esters is 2. The van der Waals surface area contributed by atoms with E-state index in [1.807, 2.05) is 14.1 Å². The van der Waals surface area contributed by atoms with Crippen LogP contribution in [-0.4, -0.2) is 79.1 Å². The molecule has 10 heteroatoms. The van der Waals surface area contributed by atoms with Crippen LogP contribution in [0.1, 0.15) is 207 Å². The van der Waals surface area contributed by atoms with Crippen molar-refractivity contribution in [2.45, 2.75) is 218 Å². The van der Waals surface area contributed by atoms with Crippen LogP contribution >= 0.6 is 21.6 Å². The van der Waals surface area contributed by atoms with Crippen LogP contribution in [0, 0.1) is 0 Å². The number of hydrogen-bond acceptors (Lipinski definition) is 9. The van der Waals surface area contributed by atoms with Gasteiger partial charge in [-0.1, -0.05) is 162 Å². The molecule has 0 aromatic carbocycles. The Hall–Kier alpha value is -1.78. The van der Waals surface area contributed by atoms with Crippen molar-refractivity contribution < 1.29 is 38.2 Å². The SMILES string of the molecule is CCCCCCCC/C=C/CCCCCCCC(=O)OCC(C[N+](C)(C)CCSSC(CC(=O)[O-])C(C)=O)OC(=O)CCCCCCC/C=C/CCCCCCCC. The smallest absolute Gasteiger partial charge is 0.306 e. The Morgan fingerprint density at radius 2 is 1.02 bits per heavy atom. The van der Waals surface area contributed by atoms with Crippen LogP contribution in [0.25, 0.3) is 0 Å². The molecule has 0 fully saturated rings. The van der Waals surface area contributed by atoms with Crippen LogP contribution in [0.2, 0.25) is 0 Å². The number of hydrogen-bond donors (Lipinski definition) is 0. The molecule has 0 saturated carbocycles. The van der Waals surface area contributed by atoms with E-state index in [4.69, 9.17) is 9.47 Å². The second-order valence-electron chi connectivity index (χ2n) is 16.9. The lowest BCUT2D eigenvalue weighted by molar-refractivity contribution is -0.890. The number of ketones is 1. The monoisotopic (exact) mass is 854 g/mol. The first kappa shape index (κ1) is 56.2. The Bertz CT molecular complexity index is 1080. The number of ether oxygens (including phenoxy) is 2. The lowest BCUT2D eigenvalue weighted by atomic mass is 10.1. The molecule has 58 heavy (non-hydrogen) atoms. The van der Waals surface area contributed by atoms with Crippen molar-refractivity contribution in [2.75, 3.05) is 39.5 Å². The Morgan fingerprint density at radius 1 is 0.603 bits per heavy atom. The van der Waals surface area contributed by atoms with Gasteiger partial charge in [-0.15, -0.1) is 0 Å². The largest absolute Gasteiger partial charge is 0.550 e. The molecule has 0 bridgehead atoms. The number of quaternary nitrogens is 1. The molecule has 0 radical (unpaired) electrons. The van der Waals surface area contributed by atoms with Crippen molar-refractivity contribution in [3.63, 3.8) is 0 Å². The van der Waals surface area contributed by atoms with Gasteiger partial charge in [-0.05, 0) is 71.1 Å². The summed E-state index contributed by atoms with van der Waals surface area (Å²) in [6, 6.07) is 0. The first-order valence-corrected chi connectivity index (χ1v) is 25.8. The second-order valence-corrected chi connectivity index (χ2v) is 19.6. The predicted molar refractivity (Wildman–Crippen MR) is 246 cm³/mol. The maximum atomic E-state index is 13.0. The molecule has 2 unspecified atom stereocenters. The summed E-state index contributed by atoms with van der Waals surface area (Å²) in [5, 5.41) is 10.4. The first-order chi connectivity index (χ1) is 28.0. The first-order valence-electron chi connectivity index (χ1n) is 23.5. The standard InChI is InChI=1S/C48H87NO7S2/c1-6-8-10-12-14-16-18-20-22-24-26-28-30-32-34-36-47(53)55-42-44(41-49(4,5)38-39-57-58-45(43(3)50)40-46(51)52)56-48(54)37-35-33-31-29-27-25-23-21-19-17-15-13-11-9-7-2/h20-23,44-45H,6-19,24-42H2,1-5H3/b22-20+,23-21+. The van der Waals surface area contributed by atoms with E-state index in [9.17, 15) is 24.3 Å². The van der Waals surface area contributed by atoms with Gasteiger partial charge in [0.1, 0.15) is 18.9 Å². The minimum Gasteiger partial charge on any atom is -0.550 e. The minimum absolute atomic E-state index is 0.0314. The highest BCUT2D eigenvalue weighted by atomic mass is 33.1. The molecule has 2 atom stereocenters. The average molecular weight is 854 g/mol. The summed E-state index contributed by atoms with van der Waals surface area (Å²) in [5.41, 5.74) is 0. The molecule has 0 saturated heterocycles. The van der Waals surface area contributed by atoms with E-state index < -0.39 is 17.3 Å². The van der Waals surface area contributed by atoms with Crippen molar-refractivity contribution in [1.29, 1.82) is 0 Å². The van der Waals surface area contributed by atoms with E-state index in [1.54, 1.807) is 0 Å². The number of carbonyl (C=O) groups is 4. The van der Waals surface area contributed by atoms with Crippen LogP contribution in [0.3, 0.4) is 0 Å². The summed E-state index contributed by atoms with van der Waals surface area (Å²) in [6.45, 7) is 7.11. The lowest BCUT2D eigenvalue weighted by Crippen LogP contribution is -2.49. The zero-order valence-corrected chi connectivity index (χ0v) is 39.6. The van der Waals surface area contributed by atoms with Crippen LogP contribution in [0.4, 0.5) is 0 Å². The van der Waals surface area contributed by atoms with Gasteiger partial charge in [0.25, 0.3) is 0 Å². The maximum Gasteiger partial charge on any atom is 0.306 e. The zero-order chi connectivity index (χ0) is 43.0. The number of allylic oxidation sites excluding steroid dienone is 4. The van der Waals surface area contributed by atoms with E-state index in [2.05, 4.69) is 38.2 Å². The minimum atomic E-state index is -1.23. The third-order valence-electron chi connectivity index (χ3n) is 10.5. The third-order valence-corrected chi connectivity index (χ3v) is 13.3. The van der Waals surface area contributed by atoms with E-state index >= 15 is 0 Å². The molecule has 0 N–H and O–H groups in total. The molecule has 0 heterocycles. The number of aliphatic carboxylic acids is 1. The van der Waals surface area contributed by atoms with E-state index in [-0.39, 0.29) is 30.7 Å². The number of nitrogens with zero attached hydrogens (tertiary/aromatic N) is 1. The van der Waals surface area contributed by atoms with Crippen molar-refractivity contribution in [3.05, 3.63) is 24.3 Å². The lowest BCUT2D eigenvalue weighted by Gasteiger charge is -2.33. The molecule has 0 amide bonds. The highest BCUT2D eigenvalue weighted by molar-refractivity contribution is 8.77. The number of Topliss-reactive ketones (excluding diaryl/α,β-unsaturated/α-hetero) is 1. The quantitative estimate of drug-likeness (QED) is 0.0195. The Morgan fingerprint density at radius 3 is 1.45 bits per heavy atom. The van der Waals surface area contributed by atoms with Gasteiger partial charge in [0.05, 0.1) is 31.6 Å². The summed E-state index contributed by atoms with van der Waals surface area (Å²) in [5.74, 6) is -1.26. The van der Waals surface area contributed by atoms with E-state index in [0.29, 0.717) is 36.2 Å². The molecule has 0 aromatic heterocycles. The molecule has 0 aliphatic heterocycles. The molecule has 0 spiro atoms. The van der Waals surface area contributed by atoms with Gasteiger partial charge in [-0.3, -0.25) is 14.4 Å². The second kappa shape index (κ2) is 40.6. The summed E-state index contributed by atoms with van der Waals surface area (Å²) in [6.07, 6.45) is 40.3. The summed E-state index contributed by atoms with van der Waals surface area (Å²) < 4.78 is 12.1. The van der Waals surface area contributed by atoms with Gasteiger partial charge in [0, 0.05) is 25.2 Å². The normalized spacial score (nSPS) is 13.0. The van der Waals surface area contributed by atoms with Gasteiger partial charge in [0.2, 0.25) is 0 Å². The Kier molecular flexibility index (Phi) is 39.4. The topological polar surface area (TPSA) is 110 Å². The van der Waals surface area contributed by atoms with Gasteiger partial charge in [0.15, 0.2) is 6.10 Å². The summed E-state index contributed by atoms with van der Waals surface area (Å²) in [4.78, 5) is 48.5. The number of carboxylic acids is 1. The van der Waals surface area contributed by atoms with Crippen LogP contribution < -0.4 is 5.11 Å². The average Bonchev–Trinajstić information content (AvgIpc) is 3.17. The van der Waals surface area contributed by atoms with Crippen LogP contribution in [0.5, 0.6) is 0 Å². The van der Waals surface area contributed by atoms with Gasteiger partial charge in [-0.2, -0.15) is 0 Å². The Labute approximate surface area is 364 Å². The number of unbranched alkanes of at least 4 members (excludes halogenated alkanes) is 22. The van der Waals surface area contributed by atoms with Crippen LogP contribution in [0.15, 0.2) is 24.3 Å². The van der Waals surface area contributed by atoms with E-state index in [0.717, 1.165) is 57.8 Å². The molecule has 0 aliphatic carbocycles. The maximum absolute atomic E-state index is 13.0. The number of likely N-dealkylation sites (N-methyl/N-ethyl adjacent to an activating group) is 1. The molecule has 8 nitrogen and oxygen atoms in total. The summed E-state index contributed by atoms with van der Waals surface area (Å²) in [7, 11) is 6.79. The Balaban J connectivity index is 4.61. The van der Waals surface area contributed by atoms with Gasteiger partial charge < -0.3 is 23.9 Å². The number of rotatable bonds is 43. The van der Waals surface area contributed by atoms with E-state index in [1.165, 1.54) is 138 Å². The van der Waals surface area contributed by atoms with Crippen molar-refractivity contribution in [3.8, 4) is 0 Å². The highest BCUT2D eigenvalue weighted by Gasteiger charge is 2.27. The van der Waals surface area contributed by atoms with Gasteiger partial charge >= 0.3 is 11.9 Å². The molecular weight excluding hydrogens is 767 g/mol. The fourth-order valence-electron chi connectivity index (χ4n) is 6.76. The van der Waals surface area contributed by atoms with Crippen molar-refractivity contribution in [2.24, 2.45) is 0 Å². The summed E-state index contributed by atoms with van der Waals surface area (Å²) >= 11 is 0. The number of carbonyl (C=O) groups excluding carboxylic acids is 4. The molecular formula is C48H87NO7S2.